The Morgan fingerprint density at radius 1 is 1.18 bits per heavy atom. The highest BCUT2D eigenvalue weighted by atomic mass is 16.5. The molecule has 1 unspecified atom stereocenters. The minimum absolute atomic E-state index is 0.0579. The van der Waals surface area contributed by atoms with Crippen LogP contribution in [0.15, 0.2) is 0 Å². The van der Waals surface area contributed by atoms with E-state index in [9.17, 15) is 19.8 Å². The Hall–Kier alpha value is -2.04. The number of benzene rings is 1. The van der Waals surface area contributed by atoms with Crippen molar-refractivity contribution in [3.63, 3.8) is 0 Å². The number of carbonyl (C=O) groups excluding carboxylic acids is 2. The summed E-state index contributed by atoms with van der Waals surface area (Å²) in [6.07, 6.45) is 3.33. The van der Waals surface area contributed by atoms with E-state index in [1.807, 2.05) is 13.8 Å². The third-order valence-electron chi connectivity index (χ3n) is 7.84. The lowest BCUT2D eigenvalue weighted by molar-refractivity contribution is -0.217. The zero-order valence-electron chi connectivity index (χ0n) is 17.3. The zero-order valence-corrected chi connectivity index (χ0v) is 17.3. The summed E-state index contributed by atoms with van der Waals surface area (Å²) in [5, 5.41) is 21.4. The first-order valence-corrected chi connectivity index (χ1v) is 10.3. The summed E-state index contributed by atoms with van der Waals surface area (Å²) in [4.78, 5) is 24.5. The number of hydrogen-bond acceptors (Lipinski definition) is 5. The van der Waals surface area contributed by atoms with Crippen molar-refractivity contribution in [2.24, 2.45) is 29.1 Å². The van der Waals surface area contributed by atoms with Gasteiger partial charge < -0.3 is 14.9 Å². The minimum Gasteiger partial charge on any atom is -0.507 e. The van der Waals surface area contributed by atoms with Gasteiger partial charge in [-0.05, 0) is 43.4 Å². The van der Waals surface area contributed by atoms with Crippen molar-refractivity contribution in [3.8, 4) is 17.2 Å². The molecule has 0 spiro atoms. The highest BCUT2D eigenvalue weighted by Crippen LogP contribution is 2.67. The first-order valence-electron chi connectivity index (χ1n) is 10.3. The summed E-state index contributed by atoms with van der Waals surface area (Å²) in [6.45, 7) is 10.5. The van der Waals surface area contributed by atoms with Crippen LogP contribution in [-0.2, 0) is 6.42 Å². The fourth-order valence-electron chi connectivity index (χ4n) is 6.08. The lowest BCUT2D eigenvalue weighted by atomic mass is 9.41. The zero-order chi connectivity index (χ0) is 20.6. The van der Waals surface area contributed by atoms with Crippen LogP contribution in [0.2, 0.25) is 0 Å². The Labute approximate surface area is 166 Å². The van der Waals surface area contributed by atoms with Crippen LogP contribution in [0.1, 0.15) is 80.2 Å². The number of rotatable bonds is 4. The molecule has 1 aromatic carbocycles. The van der Waals surface area contributed by atoms with E-state index in [0.29, 0.717) is 30.1 Å². The van der Waals surface area contributed by atoms with Gasteiger partial charge in [-0.1, -0.05) is 27.7 Å². The van der Waals surface area contributed by atoms with Crippen LogP contribution in [0.4, 0.5) is 0 Å². The first-order chi connectivity index (χ1) is 13.0. The van der Waals surface area contributed by atoms with Crippen molar-refractivity contribution >= 4 is 12.1 Å². The van der Waals surface area contributed by atoms with Crippen molar-refractivity contribution in [2.75, 3.05) is 0 Å². The van der Waals surface area contributed by atoms with E-state index in [1.54, 1.807) is 0 Å². The summed E-state index contributed by atoms with van der Waals surface area (Å²) in [5.41, 5.74) is 0.0765. The molecule has 2 bridgehead atoms. The second kappa shape index (κ2) is 5.98. The molecule has 152 valence electrons. The second-order valence-electron chi connectivity index (χ2n) is 10.2. The van der Waals surface area contributed by atoms with E-state index in [-0.39, 0.29) is 52.1 Å². The summed E-state index contributed by atoms with van der Waals surface area (Å²) >= 11 is 0. The summed E-state index contributed by atoms with van der Waals surface area (Å²) in [7, 11) is 0. The van der Waals surface area contributed by atoms with Gasteiger partial charge in [0.05, 0.1) is 5.56 Å². The number of aldehydes is 1. The fourth-order valence-corrected chi connectivity index (χ4v) is 6.08. The molecule has 28 heavy (non-hydrogen) atoms. The van der Waals surface area contributed by atoms with E-state index < -0.39 is 11.4 Å². The molecule has 5 rings (SSSR count). The molecular formula is C23H30O5. The topological polar surface area (TPSA) is 83.8 Å². The number of phenols is 2. The maximum atomic E-state index is 13.0. The number of ether oxygens (including phenoxy) is 1. The number of Topliss-reactive ketones (excluding diaryl/α,β-unsaturated/α-hetero) is 1. The molecule has 0 amide bonds. The van der Waals surface area contributed by atoms with Gasteiger partial charge >= 0.3 is 0 Å². The average Bonchev–Trinajstić information content (AvgIpc) is 2.59. The molecule has 0 aromatic heterocycles. The van der Waals surface area contributed by atoms with E-state index in [0.717, 1.165) is 12.8 Å². The van der Waals surface area contributed by atoms with E-state index >= 15 is 0 Å². The quantitative estimate of drug-likeness (QED) is 0.587. The number of carbonyl (C=O) groups is 2. The molecule has 0 saturated heterocycles. The molecule has 1 aromatic rings. The SMILES string of the molecule is CC(C)CC(=O)c1c(O)c(C=O)c(O)c2c1O[C@]1(C)C3C[C@H](C[C@@H]1C2)C3(C)C. The monoisotopic (exact) mass is 386 g/mol. The van der Waals surface area contributed by atoms with Gasteiger partial charge in [-0.3, -0.25) is 9.59 Å². The van der Waals surface area contributed by atoms with Gasteiger partial charge in [-0.25, -0.2) is 0 Å². The molecular weight excluding hydrogens is 356 g/mol. The maximum absolute atomic E-state index is 13.0. The van der Waals surface area contributed by atoms with Crippen molar-refractivity contribution in [3.05, 3.63) is 16.7 Å². The largest absolute Gasteiger partial charge is 0.507 e. The molecule has 5 nitrogen and oxygen atoms in total. The Morgan fingerprint density at radius 2 is 1.86 bits per heavy atom. The number of fused-ring (bicyclic) bond motifs is 1. The second-order valence-corrected chi connectivity index (χ2v) is 10.2. The third-order valence-corrected chi connectivity index (χ3v) is 7.84. The third kappa shape index (κ3) is 2.37. The maximum Gasteiger partial charge on any atom is 0.170 e. The Bertz CT molecular complexity index is 868. The van der Waals surface area contributed by atoms with E-state index in [1.165, 1.54) is 0 Å². The summed E-state index contributed by atoms with van der Waals surface area (Å²) < 4.78 is 6.55. The average molecular weight is 386 g/mol. The fraction of sp³-hybridized carbons (Fsp3) is 0.652. The highest BCUT2D eigenvalue weighted by Gasteiger charge is 2.66. The predicted octanol–water partition coefficient (Wildman–Crippen LogP) is 4.51. The van der Waals surface area contributed by atoms with Gasteiger partial charge in [0.25, 0.3) is 0 Å². The molecule has 2 N–H and O–H groups in total. The van der Waals surface area contributed by atoms with Crippen LogP contribution in [0, 0.1) is 29.1 Å². The van der Waals surface area contributed by atoms with Crippen LogP contribution in [0.25, 0.3) is 0 Å². The van der Waals surface area contributed by atoms with Crippen LogP contribution in [0.3, 0.4) is 0 Å². The lowest BCUT2D eigenvalue weighted by Gasteiger charge is -2.67. The van der Waals surface area contributed by atoms with Gasteiger partial charge in [0, 0.05) is 23.8 Å². The molecule has 3 fully saturated rings. The van der Waals surface area contributed by atoms with Crippen molar-refractivity contribution in [2.45, 2.75) is 65.9 Å². The standard InChI is InChI=1S/C23H30O5/c1-11(2)6-16(25)18-20(27)15(10-24)19(26)14-8-13-7-12-9-17(22(12,3)4)23(13,5)28-21(14)18/h10-13,17,26-27H,6-9H2,1-5H3/t12-,13+,17?,23-/m0/s1. The highest BCUT2D eigenvalue weighted by molar-refractivity contribution is 6.05. The Balaban J connectivity index is 1.88. The Morgan fingerprint density at radius 3 is 2.43 bits per heavy atom. The van der Waals surface area contributed by atoms with Crippen LogP contribution in [-0.4, -0.2) is 27.9 Å². The summed E-state index contributed by atoms with van der Waals surface area (Å²) in [6, 6.07) is 0. The van der Waals surface area contributed by atoms with Crippen molar-refractivity contribution in [1.82, 2.24) is 0 Å². The van der Waals surface area contributed by atoms with Crippen molar-refractivity contribution < 1.29 is 24.5 Å². The first kappa shape index (κ1) is 19.3. The number of ketones is 1. The smallest absolute Gasteiger partial charge is 0.170 e. The van der Waals surface area contributed by atoms with Crippen molar-refractivity contribution in [1.29, 1.82) is 0 Å². The normalized spacial score (nSPS) is 32.0. The summed E-state index contributed by atoms with van der Waals surface area (Å²) in [5.74, 6) is 0.641. The number of hydrogen-bond donors (Lipinski definition) is 2. The minimum atomic E-state index is -0.458. The molecule has 1 aliphatic heterocycles. The van der Waals surface area contributed by atoms with Gasteiger partial charge in [-0.15, -0.1) is 0 Å². The van der Waals surface area contributed by atoms with Gasteiger partial charge in [0.2, 0.25) is 0 Å². The Kier molecular flexibility index (Phi) is 4.12. The molecule has 5 heteroatoms. The molecule has 3 saturated carbocycles. The predicted molar refractivity (Wildman–Crippen MR) is 105 cm³/mol. The lowest BCUT2D eigenvalue weighted by Crippen LogP contribution is -2.67. The number of phenolic OH excluding ortho intramolecular Hbond substituents is 2. The molecule has 3 aliphatic carbocycles. The van der Waals surface area contributed by atoms with E-state index in [2.05, 4.69) is 20.8 Å². The van der Waals surface area contributed by atoms with Crippen LogP contribution < -0.4 is 4.74 Å². The van der Waals surface area contributed by atoms with Crippen LogP contribution >= 0.6 is 0 Å². The number of aromatic hydroxyl groups is 2. The molecule has 0 radical (unpaired) electrons. The van der Waals surface area contributed by atoms with E-state index in [4.69, 9.17) is 4.74 Å². The van der Waals surface area contributed by atoms with Gasteiger partial charge in [0.15, 0.2) is 12.1 Å². The van der Waals surface area contributed by atoms with Gasteiger partial charge in [-0.2, -0.15) is 0 Å². The van der Waals surface area contributed by atoms with Gasteiger partial charge in [0.1, 0.15) is 28.4 Å². The molecule has 4 aliphatic rings. The molecule has 1 heterocycles. The van der Waals surface area contributed by atoms with Crippen LogP contribution in [0.5, 0.6) is 17.2 Å². The molecule has 4 atom stereocenters.